The quantitative estimate of drug-likeness (QED) is 0.555. The third-order valence-corrected chi connectivity index (χ3v) is 0.789. The first-order valence-corrected chi connectivity index (χ1v) is 2.20. The van der Waals surface area contributed by atoms with Crippen molar-refractivity contribution in [1.82, 2.24) is 4.98 Å². The van der Waals surface area contributed by atoms with E-state index in [9.17, 15) is 4.48 Å². The van der Waals surface area contributed by atoms with Crippen molar-refractivity contribution in [1.29, 1.82) is 0 Å². The van der Waals surface area contributed by atoms with E-state index in [0.717, 1.165) is 0 Å². The lowest BCUT2D eigenvalue weighted by molar-refractivity contribution is 0.617. The molecule has 0 unspecified atom stereocenters. The van der Waals surface area contributed by atoms with E-state index in [4.69, 9.17) is 0 Å². The van der Waals surface area contributed by atoms with Gasteiger partial charge >= 0.3 is 0 Å². The molecular formula is C5H5FN2. The van der Waals surface area contributed by atoms with Crippen molar-refractivity contribution in [3.05, 3.63) is 24.5 Å². The van der Waals surface area contributed by atoms with Crippen molar-refractivity contribution in [2.24, 2.45) is 0 Å². The number of rotatable bonds is 1. The Kier molecular flexibility index (Phi) is 1.42. The fourth-order valence-electron chi connectivity index (χ4n) is 0.415. The summed E-state index contributed by atoms with van der Waals surface area (Å²) in [6.45, 7) is 0. The molecule has 0 amide bonds. The molecule has 0 aliphatic rings. The number of pyridine rings is 1. The van der Waals surface area contributed by atoms with E-state index in [-0.39, 0.29) is 0 Å². The monoisotopic (exact) mass is 112 g/mol. The van der Waals surface area contributed by atoms with Crippen LogP contribution < -0.4 is 5.54 Å². The Morgan fingerprint density at radius 1 is 1.38 bits per heavy atom. The summed E-state index contributed by atoms with van der Waals surface area (Å²) in [7, 11) is 0. The van der Waals surface area contributed by atoms with E-state index < -0.39 is 0 Å². The van der Waals surface area contributed by atoms with Crippen LogP contribution in [0.15, 0.2) is 24.5 Å². The number of nitrogens with one attached hydrogen (secondary N) is 1. The lowest BCUT2D eigenvalue weighted by Crippen LogP contribution is -1.79. The topological polar surface area (TPSA) is 24.9 Å². The summed E-state index contributed by atoms with van der Waals surface area (Å²) in [5, 5.41) is 0. The van der Waals surface area contributed by atoms with Crippen LogP contribution in [0.25, 0.3) is 0 Å². The van der Waals surface area contributed by atoms with Crippen LogP contribution in [0, 0.1) is 0 Å². The molecular weight excluding hydrogens is 107 g/mol. The Balaban J connectivity index is 2.83. The SMILES string of the molecule is FNc1ccncc1. The zero-order valence-electron chi connectivity index (χ0n) is 4.13. The van der Waals surface area contributed by atoms with Crippen molar-refractivity contribution < 1.29 is 4.48 Å². The van der Waals surface area contributed by atoms with E-state index in [0.29, 0.717) is 5.69 Å². The summed E-state index contributed by atoms with van der Waals surface area (Å²) < 4.78 is 11.4. The van der Waals surface area contributed by atoms with Gasteiger partial charge in [-0.15, -0.1) is 4.48 Å². The summed E-state index contributed by atoms with van der Waals surface area (Å²) in [4.78, 5) is 3.69. The average Bonchev–Trinajstić information content (AvgIpc) is 1.90. The van der Waals surface area contributed by atoms with Gasteiger partial charge in [-0.2, -0.15) is 0 Å². The lowest BCUT2D eigenvalue weighted by atomic mass is 10.4. The second kappa shape index (κ2) is 2.26. The Morgan fingerprint density at radius 3 is 2.38 bits per heavy atom. The zero-order chi connectivity index (χ0) is 5.82. The minimum absolute atomic E-state index is 0.431. The maximum Gasteiger partial charge on any atom is 0.0686 e. The smallest absolute Gasteiger partial charge is 0.0686 e. The van der Waals surface area contributed by atoms with Gasteiger partial charge < -0.3 is 0 Å². The van der Waals surface area contributed by atoms with Gasteiger partial charge in [-0.3, -0.25) is 4.98 Å². The van der Waals surface area contributed by atoms with Gasteiger partial charge in [0.1, 0.15) is 0 Å². The standard InChI is InChI=1S/C5H5FN2/c6-8-5-1-3-7-4-2-5/h1-4H,(H,7,8). The second-order valence-electron chi connectivity index (χ2n) is 1.33. The maximum atomic E-state index is 11.4. The molecule has 0 bridgehead atoms. The first-order valence-electron chi connectivity index (χ1n) is 2.20. The van der Waals surface area contributed by atoms with Gasteiger partial charge in [-0.1, -0.05) is 0 Å². The summed E-state index contributed by atoms with van der Waals surface area (Å²) in [6, 6.07) is 3.08. The van der Waals surface area contributed by atoms with Gasteiger partial charge in [0.05, 0.1) is 5.69 Å². The fraction of sp³-hybridized carbons (Fsp3) is 0. The van der Waals surface area contributed by atoms with Crippen LogP contribution in [-0.4, -0.2) is 4.98 Å². The normalized spacial score (nSPS) is 8.62. The average molecular weight is 112 g/mol. The summed E-state index contributed by atoms with van der Waals surface area (Å²) in [5.74, 6) is 0. The molecule has 0 saturated carbocycles. The van der Waals surface area contributed by atoms with E-state index >= 15 is 0 Å². The molecule has 0 atom stereocenters. The number of nitrogens with zero attached hydrogens (tertiary/aromatic N) is 1. The molecule has 0 fully saturated rings. The van der Waals surface area contributed by atoms with Gasteiger partial charge in [0.25, 0.3) is 0 Å². The third-order valence-electron chi connectivity index (χ3n) is 0.789. The summed E-state index contributed by atoms with van der Waals surface area (Å²) in [6.07, 6.45) is 3.03. The van der Waals surface area contributed by atoms with Gasteiger partial charge in [0.15, 0.2) is 0 Å². The highest BCUT2D eigenvalue weighted by Crippen LogP contribution is 2.01. The number of hydrogen-bond acceptors (Lipinski definition) is 2. The van der Waals surface area contributed by atoms with Crippen LogP contribution in [0.3, 0.4) is 0 Å². The molecule has 2 nitrogen and oxygen atoms in total. The van der Waals surface area contributed by atoms with E-state index in [1.807, 2.05) is 0 Å². The second-order valence-corrected chi connectivity index (χ2v) is 1.33. The Hall–Kier alpha value is -1.12. The van der Waals surface area contributed by atoms with Gasteiger partial charge in [-0.05, 0) is 12.1 Å². The molecule has 0 aliphatic heterocycles. The number of aromatic nitrogens is 1. The van der Waals surface area contributed by atoms with Gasteiger partial charge in [0, 0.05) is 12.4 Å². The number of anilines is 1. The highest BCUT2D eigenvalue weighted by molar-refractivity contribution is 5.37. The van der Waals surface area contributed by atoms with Crippen molar-refractivity contribution in [2.75, 3.05) is 5.54 Å². The molecule has 1 heterocycles. The minimum atomic E-state index is 0.431. The molecule has 0 saturated heterocycles. The van der Waals surface area contributed by atoms with Crippen molar-refractivity contribution >= 4 is 5.69 Å². The largest absolute Gasteiger partial charge is 0.265 e. The van der Waals surface area contributed by atoms with Crippen LogP contribution in [-0.2, 0) is 0 Å². The molecule has 0 spiro atoms. The maximum absolute atomic E-state index is 11.4. The highest BCUT2D eigenvalue weighted by atomic mass is 19.2. The highest BCUT2D eigenvalue weighted by Gasteiger charge is 1.81. The molecule has 0 aliphatic carbocycles. The minimum Gasteiger partial charge on any atom is -0.265 e. The van der Waals surface area contributed by atoms with Gasteiger partial charge in [-0.25, -0.2) is 5.54 Å². The fourth-order valence-corrected chi connectivity index (χ4v) is 0.415. The van der Waals surface area contributed by atoms with Crippen LogP contribution in [0.1, 0.15) is 0 Å². The molecule has 1 rings (SSSR count). The molecule has 1 aromatic rings. The van der Waals surface area contributed by atoms with Crippen LogP contribution >= 0.6 is 0 Å². The Labute approximate surface area is 46.3 Å². The molecule has 0 radical (unpaired) electrons. The van der Waals surface area contributed by atoms with Crippen molar-refractivity contribution in [2.45, 2.75) is 0 Å². The van der Waals surface area contributed by atoms with Gasteiger partial charge in [0.2, 0.25) is 0 Å². The Bertz CT molecular complexity index is 152. The van der Waals surface area contributed by atoms with Crippen LogP contribution in [0.5, 0.6) is 0 Å². The van der Waals surface area contributed by atoms with E-state index in [1.165, 1.54) is 17.9 Å². The predicted octanol–water partition coefficient (Wildman–Crippen LogP) is 1.38. The first kappa shape index (κ1) is 5.03. The number of halogens is 1. The molecule has 1 N–H and O–H groups in total. The van der Waals surface area contributed by atoms with E-state index in [1.54, 1.807) is 12.1 Å². The van der Waals surface area contributed by atoms with Crippen molar-refractivity contribution in [3.63, 3.8) is 0 Å². The Morgan fingerprint density at radius 2 is 2.00 bits per heavy atom. The zero-order valence-corrected chi connectivity index (χ0v) is 4.13. The van der Waals surface area contributed by atoms with Crippen LogP contribution in [0.4, 0.5) is 10.2 Å². The molecule has 0 aromatic carbocycles. The molecule has 3 heteroatoms. The number of hydrogen-bond donors (Lipinski definition) is 1. The molecule has 8 heavy (non-hydrogen) atoms. The summed E-state index contributed by atoms with van der Waals surface area (Å²) in [5.41, 5.74) is 1.92. The lowest BCUT2D eigenvalue weighted by Gasteiger charge is -1.89. The predicted molar refractivity (Wildman–Crippen MR) is 29.0 cm³/mol. The molecule has 42 valence electrons. The van der Waals surface area contributed by atoms with E-state index in [2.05, 4.69) is 4.98 Å². The van der Waals surface area contributed by atoms with Crippen LogP contribution in [0.2, 0.25) is 0 Å². The van der Waals surface area contributed by atoms with Crippen molar-refractivity contribution in [3.8, 4) is 0 Å². The summed E-state index contributed by atoms with van der Waals surface area (Å²) >= 11 is 0. The molecule has 1 aromatic heterocycles. The first-order chi connectivity index (χ1) is 3.93. The third kappa shape index (κ3) is 0.932.